The Morgan fingerprint density at radius 1 is 1.40 bits per heavy atom. The summed E-state index contributed by atoms with van der Waals surface area (Å²) in [4.78, 5) is 25.2. The molecule has 0 fully saturated rings. The number of carbonyl (C=O) groups excluding carboxylic acids is 1. The lowest BCUT2D eigenvalue weighted by atomic mass is 10.2. The number of hydrogen-bond donors (Lipinski definition) is 2. The van der Waals surface area contributed by atoms with Gasteiger partial charge in [-0.1, -0.05) is 6.92 Å². The fraction of sp³-hybridized carbons (Fsp3) is 0.357. The number of pyridine rings is 1. The molecule has 0 radical (unpaired) electrons. The monoisotopic (exact) mass is 273 g/mol. The molecule has 0 aromatic carbocycles. The summed E-state index contributed by atoms with van der Waals surface area (Å²) in [6.45, 7) is 3.37. The predicted octanol–water partition coefficient (Wildman–Crippen LogP) is 1.90. The molecular weight excluding hydrogens is 254 g/mol. The van der Waals surface area contributed by atoms with E-state index in [4.69, 9.17) is 0 Å². The molecule has 0 saturated carbocycles. The van der Waals surface area contributed by atoms with Gasteiger partial charge in [-0.25, -0.2) is 9.97 Å². The van der Waals surface area contributed by atoms with Gasteiger partial charge in [0.2, 0.25) is 0 Å². The summed E-state index contributed by atoms with van der Waals surface area (Å²) in [5.74, 6) is 1.44. The van der Waals surface area contributed by atoms with Crippen molar-refractivity contribution >= 4 is 11.7 Å². The van der Waals surface area contributed by atoms with Gasteiger partial charge in [0.25, 0.3) is 5.91 Å². The van der Waals surface area contributed by atoms with Crippen molar-refractivity contribution in [1.29, 1.82) is 0 Å². The van der Waals surface area contributed by atoms with Crippen LogP contribution in [0.25, 0.3) is 0 Å². The second kappa shape index (κ2) is 6.70. The zero-order chi connectivity index (χ0) is 14.4. The lowest BCUT2D eigenvalue weighted by Crippen LogP contribution is -2.26. The van der Waals surface area contributed by atoms with E-state index in [0.29, 0.717) is 12.1 Å². The molecule has 2 heterocycles. The number of H-pyrrole nitrogens is 1. The van der Waals surface area contributed by atoms with E-state index >= 15 is 0 Å². The van der Waals surface area contributed by atoms with E-state index in [2.05, 4.69) is 27.2 Å². The molecule has 106 valence electrons. The molecule has 0 saturated heterocycles. The van der Waals surface area contributed by atoms with Crippen molar-refractivity contribution in [3.63, 3.8) is 0 Å². The number of nitrogens with one attached hydrogen (secondary N) is 2. The molecule has 6 nitrogen and oxygen atoms in total. The number of carbonyl (C=O) groups is 1. The van der Waals surface area contributed by atoms with Crippen LogP contribution in [0.5, 0.6) is 0 Å². The number of nitrogens with zero attached hydrogens (tertiary/aromatic N) is 3. The third kappa shape index (κ3) is 3.57. The molecule has 0 unspecified atom stereocenters. The fourth-order valence-corrected chi connectivity index (χ4v) is 1.81. The first-order chi connectivity index (χ1) is 9.70. The van der Waals surface area contributed by atoms with Crippen LogP contribution in [0.3, 0.4) is 0 Å². The van der Waals surface area contributed by atoms with E-state index in [0.717, 1.165) is 24.6 Å². The highest BCUT2D eigenvalue weighted by Gasteiger charge is 2.13. The second-order valence-electron chi connectivity index (χ2n) is 4.55. The van der Waals surface area contributed by atoms with Crippen molar-refractivity contribution in [2.75, 3.05) is 18.9 Å². The summed E-state index contributed by atoms with van der Waals surface area (Å²) in [5, 5.41) is 3.17. The Bertz CT molecular complexity index is 552. The van der Waals surface area contributed by atoms with E-state index in [1.54, 1.807) is 42.7 Å². The van der Waals surface area contributed by atoms with E-state index < -0.39 is 0 Å². The SMILES string of the molecule is CCCNc1cc(C(=O)N(C)Cc2ncc[nH]2)ccn1. The summed E-state index contributed by atoms with van der Waals surface area (Å²) < 4.78 is 0. The van der Waals surface area contributed by atoms with E-state index in [9.17, 15) is 4.79 Å². The van der Waals surface area contributed by atoms with Gasteiger partial charge in [-0.2, -0.15) is 0 Å². The highest BCUT2D eigenvalue weighted by Crippen LogP contribution is 2.10. The molecule has 0 atom stereocenters. The van der Waals surface area contributed by atoms with Gasteiger partial charge < -0.3 is 15.2 Å². The van der Waals surface area contributed by atoms with Crippen LogP contribution in [0, 0.1) is 0 Å². The first-order valence-electron chi connectivity index (χ1n) is 6.64. The molecule has 1 amide bonds. The molecule has 6 heteroatoms. The maximum atomic E-state index is 12.3. The predicted molar refractivity (Wildman–Crippen MR) is 77.4 cm³/mol. The van der Waals surface area contributed by atoms with Crippen molar-refractivity contribution in [2.24, 2.45) is 0 Å². The summed E-state index contributed by atoms with van der Waals surface area (Å²) in [5.41, 5.74) is 0.618. The van der Waals surface area contributed by atoms with Crippen molar-refractivity contribution in [3.05, 3.63) is 42.1 Å². The third-order valence-corrected chi connectivity index (χ3v) is 2.85. The van der Waals surface area contributed by atoms with E-state index in [-0.39, 0.29) is 5.91 Å². The first-order valence-corrected chi connectivity index (χ1v) is 6.64. The third-order valence-electron chi connectivity index (χ3n) is 2.85. The Hall–Kier alpha value is -2.37. The standard InChI is InChI=1S/C14H19N5O/c1-3-5-15-12-9-11(4-6-16-12)14(20)19(2)10-13-17-7-8-18-13/h4,6-9H,3,5,10H2,1-2H3,(H,15,16)(H,17,18). The Morgan fingerprint density at radius 2 is 2.25 bits per heavy atom. The van der Waals surface area contributed by atoms with Crippen LogP contribution in [0.4, 0.5) is 5.82 Å². The number of amides is 1. The topological polar surface area (TPSA) is 73.9 Å². The highest BCUT2D eigenvalue weighted by molar-refractivity contribution is 5.94. The summed E-state index contributed by atoms with van der Waals surface area (Å²) in [7, 11) is 1.75. The molecule has 0 aliphatic heterocycles. The molecule has 0 bridgehead atoms. The average Bonchev–Trinajstić information content (AvgIpc) is 2.97. The Morgan fingerprint density at radius 3 is 2.95 bits per heavy atom. The molecule has 0 aliphatic rings. The zero-order valence-corrected chi connectivity index (χ0v) is 11.8. The van der Waals surface area contributed by atoms with Gasteiger partial charge in [-0.15, -0.1) is 0 Å². The fourth-order valence-electron chi connectivity index (χ4n) is 1.81. The normalized spacial score (nSPS) is 10.3. The molecule has 2 N–H and O–H groups in total. The number of hydrogen-bond acceptors (Lipinski definition) is 4. The van der Waals surface area contributed by atoms with E-state index in [1.807, 2.05) is 0 Å². The molecule has 0 aliphatic carbocycles. The van der Waals surface area contributed by atoms with Crippen molar-refractivity contribution in [1.82, 2.24) is 19.9 Å². The average molecular weight is 273 g/mol. The highest BCUT2D eigenvalue weighted by atomic mass is 16.2. The van der Waals surface area contributed by atoms with Gasteiger partial charge in [0.1, 0.15) is 11.6 Å². The quantitative estimate of drug-likeness (QED) is 0.843. The number of imidazole rings is 1. The van der Waals surface area contributed by atoms with Crippen molar-refractivity contribution < 1.29 is 4.79 Å². The Kier molecular flexibility index (Phi) is 4.70. The Labute approximate surface area is 118 Å². The van der Waals surface area contributed by atoms with Crippen LogP contribution in [0.15, 0.2) is 30.7 Å². The first kappa shape index (κ1) is 14.0. The van der Waals surface area contributed by atoms with Crippen LogP contribution in [0.1, 0.15) is 29.5 Å². The zero-order valence-electron chi connectivity index (χ0n) is 11.8. The van der Waals surface area contributed by atoms with Gasteiger partial charge in [0.15, 0.2) is 0 Å². The lowest BCUT2D eigenvalue weighted by molar-refractivity contribution is 0.0782. The number of aromatic nitrogens is 3. The largest absolute Gasteiger partial charge is 0.370 e. The maximum absolute atomic E-state index is 12.3. The number of rotatable bonds is 6. The van der Waals surface area contributed by atoms with Gasteiger partial charge in [0.05, 0.1) is 6.54 Å². The minimum atomic E-state index is -0.0525. The second-order valence-corrected chi connectivity index (χ2v) is 4.55. The molecule has 2 rings (SSSR count). The minimum absolute atomic E-state index is 0.0525. The van der Waals surface area contributed by atoms with Crippen molar-refractivity contribution in [2.45, 2.75) is 19.9 Å². The van der Waals surface area contributed by atoms with E-state index in [1.165, 1.54) is 0 Å². The lowest BCUT2D eigenvalue weighted by Gasteiger charge is -2.16. The van der Waals surface area contributed by atoms with Crippen LogP contribution in [-0.2, 0) is 6.54 Å². The minimum Gasteiger partial charge on any atom is -0.370 e. The number of aromatic amines is 1. The van der Waals surface area contributed by atoms with Gasteiger partial charge in [-0.05, 0) is 18.6 Å². The Balaban J connectivity index is 2.04. The van der Waals surface area contributed by atoms with Gasteiger partial charge in [0, 0.05) is 37.7 Å². The number of anilines is 1. The van der Waals surface area contributed by atoms with Crippen molar-refractivity contribution in [3.8, 4) is 0 Å². The van der Waals surface area contributed by atoms with Crippen LogP contribution < -0.4 is 5.32 Å². The summed E-state index contributed by atoms with van der Waals surface area (Å²) in [6.07, 6.45) is 6.07. The smallest absolute Gasteiger partial charge is 0.254 e. The van der Waals surface area contributed by atoms with Gasteiger partial charge >= 0.3 is 0 Å². The molecule has 2 aromatic heterocycles. The van der Waals surface area contributed by atoms with Crippen LogP contribution in [0.2, 0.25) is 0 Å². The van der Waals surface area contributed by atoms with Crippen LogP contribution in [-0.4, -0.2) is 39.4 Å². The van der Waals surface area contributed by atoms with Gasteiger partial charge in [-0.3, -0.25) is 4.79 Å². The molecule has 2 aromatic rings. The summed E-state index contributed by atoms with van der Waals surface area (Å²) in [6, 6.07) is 3.49. The van der Waals surface area contributed by atoms with Crippen LogP contribution >= 0.6 is 0 Å². The molecular formula is C14H19N5O. The summed E-state index contributed by atoms with van der Waals surface area (Å²) >= 11 is 0. The maximum Gasteiger partial charge on any atom is 0.254 e. The molecule has 0 spiro atoms. The molecule has 20 heavy (non-hydrogen) atoms.